The van der Waals surface area contributed by atoms with Crippen LogP contribution in [-0.2, 0) is 0 Å². The highest BCUT2D eigenvalue weighted by Gasteiger charge is 1.92. The van der Waals surface area contributed by atoms with Gasteiger partial charge in [-0.15, -0.1) is 0 Å². The van der Waals surface area contributed by atoms with Gasteiger partial charge in [-0.2, -0.15) is 0 Å². The van der Waals surface area contributed by atoms with Crippen LogP contribution in [-0.4, -0.2) is 13.1 Å². The van der Waals surface area contributed by atoms with Crippen LogP contribution in [0.4, 0.5) is 0 Å². The molecule has 0 saturated carbocycles. The zero-order valence-corrected chi connectivity index (χ0v) is 6.20. The highest BCUT2D eigenvalue weighted by molar-refractivity contribution is 4.56. The van der Waals surface area contributed by atoms with E-state index in [4.69, 9.17) is 0 Å². The molecule has 8 heavy (non-hydrogen) atoms. The summed E-state index contributed by atoms with van der Waals surface area (Å²) in [4.78, 5) is 0. The normalized spacial score (nSPS) is 16.5. The van der Waals surface area contributed by atoms with Gasteiger partial charge in [-0.3, -0.25) is 0 Å². The average molecular weight is 115 g/mol. The highest BCUT2D eigenvalue weighted by Crippen LogP contribution is 1.81. The summed E-state index contributed by atoms with van der Waals surface area (Å²) in [6, 6.07) is 0. The van der Waals surface area contributed by atoms with Gasteiger partial charge in [0.25, 0.3) is 0 Å². The Bertz CT molecular complexity index is 30.9. The molecule has 0 spiro atoms. The first-order chi connectivity index (χ1) is 3.73. The van der Waals surface area contributed by atoms with Crippen LogP contribution < -0.4 is 5.32 Å². The van der Waals surface area contributed by atoms with E-state index in [1.54, 1.807) is 0 Å². The fourth-order valence-electron chi connectivity index (χ4n) is 0.177. The van der Waals surface area contributed by atoms with E-state index in [-0.39, 0.29) is 0 Å². The van der Waals surface area contributed by atoms with Crippen LogP contribution in [0.25, 0.3) is 0 Å². The topological polar surface area (TPSA) is 12.0 Å². The SMILES string of the molecule is C1CNC1.CC(C)C. The molecule has 0 radical (unpaired) electrons. The third-order valence-corrected chi connectivity index (χ3v) is 0.707. The summed E-state index contributed by atoms with van der Waals surface area (Å²) in [6.45, 7) is 9.00. The lowest BCUT2D eigenvalue weighted by atomic mass is 10.3. The van der Waals surface area contributed by atoms with Crippen molar-refractivity contribution in [3.05, 3.63) is 0 Å². The summed E-state index contributed by atoms with van der Waals surface area (Å²) in [5.74, 6) is 0.833. The Hall–Kier alpha value is -0.0400. The molecule has 1 saturated heterocycles. The van der Waals surface area contributed by atoms with Crippen molar-refractivity contribution in [2.75, 3.05) is 13.1 Å². The van der Waals surface area contributed by atoms with Crippen molar-refractivity contribution in [1.82, 2.24) is 5.32 Å². The van der Waals surface area contributed by atoms with Crippen molar-refractivity contribution in [2.45, 2.75) is 27.2 Å². The van der Waals surface area contributed by atoms with Crippen molar-refractivity contribution >= 4 is 0 Å². The lowest BCUT2D eigenvalue weighted by Crippen LogP contribution is -2.29. The van der Waals surface area contributed by atoms with E-state index in [1.807, 2.05) is 0 Å². The monoisotopic (exact) mass is 115 g/mol. The Morgan fingerprint density at radius 2 is 1.25 bits per heavy atom. The first kappa shape index (κ1) is 7.96. The van der Waals surface area contributed by atoms with Gasteiger partial charge in [-0.05, 0) is 25.4 Å². The van der Waals surface area contributed by atoms with Crippen LogP contribution in [0.15, 0.2) is 0 Å². The molecular formula is C7H17N. The number of nitrogens with one attached hydrogen (secondary N) is 1. The quantitative estimate of drug-likeness (QED) is 0.506. The molecule has 0 atom stereocenters. The largest absolute Gasteiger partial charge is 0.317 e. The Morgan fingerprint density at radius 1 is 1.12 bits per heavy atom. The van der Waals surface area contributed by atoms with E-state index >= 15 is 0 Å². The Labute approximate surface area is 52.5 Å². The molecule has 1 aliphatic rings. The molecule has 1 heterocycles. The average Bonchev–Trinajstić information content (AvgIpc) is 1.19. The molecule has 0 aliphatic carbocycles. The van der Waals surface area contributed by atoms with Crippen LogP contribution >= 0.6 is 0 Å². The Kier molecular flexibility index (Phi) is 5.08. The fraction of sp³-hybridized carbons (Fsp3) is 1.00. The maximum absolute atomic E-state index is 3.11. The van der Waals surface area contributed by atoms with E-state index in [1.165, 1.54) is 19.5 Å². The van der Waals surface area contributed by atoms with Crippen molar-refractivity contribution in [1.29, 1.82) is 0 Å². The zero-order valence-electron chi connectivity index (χ0n) is 6.20. The Balaban J connectivity index is 0.000000122. The minimum Gasteiger partial charge on any atom is -0.317 e. The number of hydrogen-bond acceptors (Lipinski definition) is 1. The molecule has 1 rings (SSSR count). The molecule has 0 aromatic heterocycles. The van der Waals surface area contributed by atoms with Crippen LogP contribution in [0.1, 0.15) is 27.2 Å². The van der Waals surface area contributed by atoms with Gasteiger partial charge in [-0.1, -0.05) is 20.8 Å². The third kappa shape index (κ3) is 9.35. The maximum atomic E-state index is 3.11. The van der Waals surface area contributed by atoms with Crippen molar-refractivity contribution < 1.29 is 0 Å². The molecule has 0 aromatic carbocycles. The maximum Gasteiger partial charge on any atom is -0.00368 e. The number of rotatable bonds is 0. The molecule has 1 fully saturated rings. The molecule has 1 aliphatic heterocycles. The van der Waals surface area contributed by atoms with E-state index in [9.17, 15) is 0 Å². The smallest absolute Gasteiger partial charge is 0.00368 e. The van der Waals surface area contributed by atoms with Gasteiger partial charge in [0.05, 0.1) is 0 Å². The second-order valence-corrected chi connectivity index (χ2v) is 2.84. The van der Waals surface area contributed by atoms with E-state index in [2.05, 4.69) is 26.1 Å². The molecular weight excluding hydrogens is 98.1 g/mol. The fourth-order valence-corrected chi connectivity index (χ4v) is 0.177. The first-order valence-electron chi connectivity index (χ1n) is 3.44. The standard InChI is InChI=1S/C4H10.C3H7N/c1-4(2)3;1-2-4-3-1/h4H,1-3H3;4H,1-3H2. The van der Waals surface area contributed by atoms with E-state index < -0.39 is 0 Å². The zero-order chi connectivity index (χ0) is 6.41. The van der Waals surface area contributed by atoms with Gasteiger partial charge in [0.2, 0.25) is 0 Å². The summed E-state index contributed by atoms with van der Waals surface area (Å²) >= 11 is 0. The summed E-state index contributed by atoms with van der Waals surface area (Å²) in [5.41, 5.74) is 0. The highest BCUT2D eigenvalue weighted by atomic mass is 14.9. The molecule has 1 N–H and O–H groups in total. The van der Waals surface area contributed by atoms with E-state index in [0.717, 1.165) is 5.92 Å². The minimum absolute atomic E-state index is 0.833. The second-order valence-electron chi connectivity index (χ2n) is 2.84. The van der Waals surface area contributed by atoms with Gasteiger partial charge in [0.1, 0.15) is 0 Å². The molecule has 1 nitrogen and oxygen atoms in total. The number of hydrogen-bond donors (Lipinski definition) is 1. The van der Waals surface area contributed by atoms with Gasteiger partial charge >= 0.3 is 0 Å². The minimum atomic E-state index is 0.833. The predicted molar refractivity (Wildman–Crippen MR) is 38.0 cm³/mol. The van der Waals surface area contributed by atoms with Crippen molar-refractivity contribution in [3.8, 4) is 0 Å². The lowest BCUT2D eigenvalue weighted by molar-refractivity contribution is 0.527. The second kappa shape index (κ2) is 5.10. The van der Waals surface area contributed by atoms with Crippen LogP contribution in [0, 0.1) is 5.92 Å². The summed E-state index contributed by atoms with van der Waals surface area (Å²) < 4.78 is 0. The predicted octanol–water partition coefficient (Wildman–Crippen LogP) is 1.64. The summed E-state index contributed by atoms with van der Waals surface area (Å²) in [7, 11) is 0. The molecule has 1 heteroatoms. The molecule has 0 amide bonds. The molecule has 50 valence electrons. The van der Waals surface area contributed by atoms with Gasteiger partial charge in [0, 0.05) is 0 Å². The van der Waals surface area contributed by atoms with E-state index in [0.29, 0.717) is 0 Å². The van der Waals surface area contributed by atoms with Gasteiger partial charge in [-0.25, -0.2) is 0 Å². The van der Waals surface area contributed by atoms with Crippen molar-refractivity contribution in [2.24, 2.45) is 5.92 Å². The third-order valence-electron chi connectivity index (χ3n) is 0.707. The van der Waals surface area contributed by atoms with Gasteiger partial charge < -0.3 is 5.32 Å². The van der Waals surface area contributed by atoms with Crippen LogP contribution in [0.5, 0.6) is 0 Å². The molecule has 0 unspecified atom stereocenters. The summed E-state index contributed by atoms with van der Waals surface area (Å²) in [6.07, 6.45) is 1.39. The summed E-state index contributed by atoms with van der Waals surface area (Å²) in [5, 5.41) is 3.11. The van der Waals surface area contributed by atoms with Crippen molar-refractivity contribution in [3.63, 3.8) is 0 Å². The van der Waals surface area contributed by atoms with Crippen LogP contribution in [0.2, 0.25) is 0 Å². The van der Waals surface area contributed by atoms with Crippen LogP contribution in [0.3, 0.4) is 0 Å². The van der Waals surface area contributed by atoms with Gasteiger partial charge in [0.15, 0.2) is 0 Å². The lowest BCUT2D eigenvalue weighted by Gasteiger charge is -2.09. The Morgan fingerprint density at radius 3 is 1.25 bits per heavy atom. The molecule has 0 aromatic rings. The molecule has 0 bridgehead atoms. The first-order valence-corrected chi connectivity index (χ1v) is 3.44.